The standard InChI is InChI=1S/C19H16N2O3/c1-24-14-11-9-13(10-12-14)15-5-4-8-18(23)19(15)21-20-16-6-2-3-7-17(16)22/h2-12,22-23H,1H3. The Kier molecular flexibility index (Phi) is 4.43. The van der Waals surface area contributed by atoms with Gasteiger partial charge in [0.1, 0.15) is 28.6 Å². The number of aromatic hydroxyl groups is 2. The van der Waals surface area contributed by atoms with E-state index in [2.05, 4.69) is 10.2 Å². The molecule has 5 nitrogen and oxygen atoms in total. The SMILES string of the molecule is COc1ccc(-c2cccc(O)c2N=Nc2ccccc2O)cc1. The summed E-state index contributed by atoms with van der Waals surface area (Å²) in [6.45, 7) is 0. The maximum Gasteiger partial charge on any atom is 0.143 e. The van der Waals surface area contributed by atoms with E-state index in [9.17, 15) is 10.2 Å². The summed E-state index contributed by atoms with van der Waals surface area (Å²) in [7, 11) is 1.61. The molecule has 5 heteroatoms. The molecule has 0 aliphatic rings. The van der Waals surface area contributed by atoms with E-state index in [0.717, 1.165) is 16.9 Å². The number of rotatable bonds is 4. The lowest BCUT2D eigenvalue weighted by Crippen LogP contribution is -1.83. The fourth-order valence-corrected chi connectivity index (χ4v) is 2.29. The Balaban J connectivity index is 2.03. The molecule has 0 saturated carbocycles. The number of hydrogen-bond donors (Lipinski definition) is 2. The molecule has 0 aromatic heterocycles. The molecule has 0 unspecified atom stereocenters. The van der Waals surface area contributed by atoms with E-state index in [1.54, 1.807) is 37.4 Å². The van der Waals surface area contributed by atoms with Gasteiger partial charge < -0.3 is 14.9 Å². The number of ether oxygens (including phenoxy) is 1. The maximum absolute atomic E-state index is 10.2. The number of nitrogens with zero attached hydrogens (tertiary/aromatic N) is 2. The van der Waals surface area contributed by atoms with E-state index in [-0.39, 0.29) is 11.5 Å². The Morgan fingerprint density at radius 1 is 0.750 bits per heavy atom. The van der Waals surface area contributed by atoms with Gasteiger partial charge in [0, 0.05) is 5.56 Å². The molecule has 2 N–H and O–H groups in total. The van der Waals surface area contributed by atoms with Gasteiger partial charge in [0.15, 0.2) is 0 Å². The van der Waals surface area contributed by atoms with Crippen LogP contribution in [0.4, 0.5) is 11.4 Å². The molecule has 0 bridgehead atoms. The predicted molar refractivity (Wildman–Crippen MR) is 92.4 cm³/mol. The lowest BCUT2D eigenvalue weighted by molar-refractivity contribution is 0.415. The molecule has 120 valence electrons. The molecule has 3 aromatic rings. The molecule has 3 aromatic carbocycles. The van der Waals surface area contributed by atoms with Crippen molar-refractivity contribution >= 4 is 11.4 Å². The molecule has 0 aliphatic heterocycles. The first-order valence-electron chi connectivity index (χ1n) is 7.35. The van der Waals surface area contributed by atoms with Crippen LogP contribution in [0.1, 0.15) is 0 Å². The van der Waals surface area contributed by atoms with Crippen molar-refractivity contribution < 1.29 is 14.9 Å². The fourth-order valence-electron chi connectivity index (χ4n) is 2.29. The van der Waals surface area contributed by atoms with Crippen LogP contribution in [0, 0.1) is 0 Å². The van der Waals surface area contributed by atoms with Crippen LogP contribution >= 0.6 is 0 Å². The van der Waals surface area contributed by atoms with Crippen molar-refractivity contribution in [1.29, 1.82) is 0 Å². The van der Waals surface area contributed by atoms with Gasteiger partial charge in [-0.3, -0.25) is 0 Å². The van der Waals surface area contributed by atoms with Crippen LogP contribution in [0.15, 0.2) is 77.0 Å². The summed E-state index contributed by atoms with van der Waals surface area (Å²) in [6, 6.07) is 19.2. The van der Waals surface area contributed by atoms with Crippen LogP contribution in [-0.2, 0) is 0 Å². The van der Waals surface area contributed by atoms with Crippen molar-refractivity contribution in [3.8, 4) is 28.4 Å². The van der Waals surface area contributed by atoms with Crippen LogP contribution in [-0.4, -0.2) is 17.3 Å². The van der Waals surface area contributed by atoms with E-state index >= 15 is 0 Å². The number of phenolic OH excluding ortho intramolecular Hbond substituents is 2. The third-order valence-electron chi connectivity index (χ3n) is 3.56. The molecule has 0 fully saturated rings. The smallest absolute Gasteiger partial charge is 0.143 e. The van der Waals surface area contributed by atoms with Crippen LogP contribution in [0.5, 0.6) is 17.2 Å². The van der Waals surface area contributed by atoms with Gasteiger partial charge >= 0.3 is 0 Å². The van der Waals surface area contributed by atoms with Crippen molar-refractivity contribution in [2.45, 2.75) is 0 Å². The number of phenols is 2. The van der Waals surface area contributed by atoms with Crippen molar-refractivity contribution in [3.63, 3.8) is 0 Å². The summed E-state index contributed by atoms with van der Waals surface area (Å²) < 4.78 is 5.16. The predicted octanol–water partition coefficient (Wildman–Crippen LogP) is 5.19. The van der Waals surface area contributed by atoms with Crippen LogP contribution < -0.4 is 4.74 Å². The second kappa shape index (κ2) is 6.83. The summed E-state index contributed by atoms with van der Waals surface area (Å²) in [4.78, 5) is 0. The van der Waals surface area contributed by atoms with Crippen molar-refractivity contribution in [2.24, 2.45) is 10.2 Å². The van der Waals surface area contributed by atoms with Gasteiger partial charge in [-0.25, -0.2) is 0 Å². The molecule has 0 radical (unpaired) electrons. The van der Waals surface area contributed by atoms with Crippen LogP contribution in [0.25, 0.3) is 11.1 Å². The Hall–Kier alpha value is -3.34. The van der Waals surface area contributed by atoms with Gasteiger partial charge in [-0.05, 0) is 35.9 Å². The van der Waals surface area contributed by atoms with Gasteiger partial charge in [-0.1, -0.05) is 36.4 Å². The molecule has 3 rings (SSSR count). The summed E-state index contributed by atoms with van der Waals surface area (Å²) in [5.74, 6) is 0.793. The highest BCUT2D eigenvalue weighted by molar-refractivity contribution is 5.80. The molecule has 0 aliphatic carbocycles. The molecular weight excluding hydrogens is 304 g/mol. The number of para-hydroxylation sites is 1. The van der Waals surface area contributed by atoms with E-state index in [1.807, 2.05) is 30.3 Å². The second-order valence-corrected chi connectivity index (χ2v) is 5.09. The van der Waals surface area contributed by atoms with Gasteiger partial charge in [0.2, 0.25) is 0 Å². The Morgan fingerprint density at radius 2 is 1.46 bits per heavy atom. The zero-order valence-corrected chi connectivity index (χ0v) is 13.0. The van der Waals surface area contributed by atoms with E-state index < -0.39 is 0 Å². The lowest BCUT2D eigenvalue weighted by atomic mass is 10.0. The minimum absolute atomic E-state index is 0.0162. The first-order valence-corrected chi connectivity index (χ1v) is 7.35. The highest BCUT2D eigenvalue weighted by Crippen LogP contribution is 2.39. The maximum atomic E-state index is 10.2. The molecule has 24 heavy (non-hydrogen) atoms. The molecular formula is C19H16N2O3. The average molecular weight is 320 g/mol. The van der Waals surface area contributed by atoms with E-state index in [0.29, 0.717) is 11.4 Å². The summed E-state index contributed by atoms with van der Waals surface area (Å²) in [5.41, 5.74) is 2.28. The highest BCUT2D eigenvalue weighted by Gasteiger charge is 2.10. The van der Waals surface area contributed by atoms with E-state index in [4.69, 9.17) is 4.74 Å². The zero-order valence-electron chi connectivity index (χ0n) is 13.0. The minimum Gasteiger partial charge on any atom is -0.506 e. The quantitative estimate of drug-likeness (QED) is 0.650. The minimum atomic E-state index is 0.0162. The number of azo groups is 1. The third kappa shape index (κ3) is 3.20. The summed E-state index contributed by atoms with van der Waals surface area (Å²) >= 11 is 0. The van der Waals surface area contributed by atoms with Crippen molar-refractivity contribution in [2.75, 3.05) is 7.11 Å². The first-order chi connectivity index (χ1) is 11.7. The number of methoxy groups -OCH3 is 1. The largest absolute Gasteiger partial charge is 0.506 e. The normalized spacial score (nSPS) is 10.9. The summed E-state index contributed by atoms with van der Waals surface area (Å²) in [6.07, 6.45) is 0. The van der Waals surface area contributed by atoms with Gasteiger partial charge in [0.25, 0.3) is 0 Å². The molecule has 0 spiro atoms. The third-order valence-corrected chi connectivity index (χ3v) is 3.56. The Bertz CT molecular complexity index is 874. The fraction of sp³-hybridized carbons (Fsp3) is 0.0526. The van der Waals surface area contributed by atoms with Crippen LogP contribution in [0.2, 0.25) is 0 Å². The van der Waals surface area contributed by atoms with Crippen molar-refractivity contribution in [3.05, 3.63) is 66.7 Å². The van der Waals surface area contributed by atoms with Crippen molar-refractivity contribution in [1.82, 2.24) is 0 Å². The van der Waals surface area contributed by atoms with Gasteiger partial charge in [0.05, 0.1) is 7.11 Å². The zero-order chi connectivity index (χ0) is 16.9. The molecule has 0 saturated heterocycles. The summed E-state index contributed by atoms with van der Waals surface area (Å²) in [5, 5.41) is 28.1. The number of benzene rings is 3. The lowest BCUT2D eigenvalue weighted by Gasteiger charge is -2.08. The second-order valence-electron chi connectivity index (χ2n) is 5.09. The first kappa shape index (κ1) is 15.6. The number of hydrogen-bond acceptors (Lipinski definition) is 5. The average Bonchev–Trinajstić information content (AvgIpc) is 2.62. The topological polar surface area (TPSA) is 74.4 Å². The Labute approximate surface area is 139 Å². The highest BCUT2D eigenvalue weighted by atomic mass is 16.5. The van der Waals surface area contributed by atoms with Crippen LogP contribution in [0.3, 0.4) is 0 Å². The monoisotopic (exact) mass is 320 g/mol. The van der Waals surface area contributed by atoms with Gasteiger partial charge in [-0.2, -0.15) is 0 Å². The van der Waals surface area contributed by atoms with E-state index in [1.165, 1.54) is 6.07 Å². The Morgan fingerprint density at radius 3 is 2.17 bits per heavy atom. The molecule has 0 atom stereocenters. The molecule has 0 amide bonds. The molecule has 0 heterocycles. The van der Waals surface area contributed by atoms with Gasteiger partial charge in [-0.15, -0.1) is 10.2 Å².